The van der Waals surface area contributed by atoms with E-state index in [9.17, 15) is 18.0 Å². The monoisotopic (exact) mass is 419 g/mol. The lowest BCUT2D eigenvalue weighted by atomic mass is 10.1. The van der Waals surface area contributed by atoms with E-state index in [4.69, 9.17) is 0 Å². The van der Waals surface area contributed by atoms with Crippen LogP contribution in [0.2, 0.25) is 0 Å². The molecule has 0 unspecified atom stereocenters. The molecular formula is C16H17BrF3N3O2. The van der Waals surface area contributed by atoms with Gasteiger partial charge in [0.15, 0.2) is 5.69 Å². The lowest BCUT2D eigenvalue weighted by Crippen LogP contribution is -2.27. The number of aromatic nitrogens is 2. The summed E-state index contributed by atoms with van der Waals surface area (Å²) in [7, 11) is 1.49. The van der Waals surface area contributed by atoms with E-state index in [0.717, 1.165) is 5.69 Å². The van der Waals surface area contributed by atoms with Crippen LogP contribution in [0.4, 0.5) is 13.2 Å². The van der Waals surface area contributed by atoms with Crippen molar-refractivity contribution in [2.45, 2.75) is 32.7 Å². The van der Waals surface area contributed by atoms with E-state index in [0.29, 0.717) is 4.47 Å². The lowest BCUT2D eigenvalue weighted by molar-refractivity contribution is -0.275. The van der Waals surface area contributed by atoms with Crippen LogP contribution in [0.3, 0.4) is 0 Å². The van der Waals surface area contributed by atoms with Crippen molar-refractivity contribution in [1.82, 2.24) is 15.1 Å². The van der Waals surface area contributed by atoms with Gasteiger partial charge in [-0.15, -0.1) is 13.2 Å². The average Bonchev–Trinajstić information content (AvgIpc) is 2.88. The number of nitrogens with zero attached hydrogens (tertiary/aromatic N) is 2. The number of halogens is 4. The minimum Gasteiger partial charge on any atom is -0.405 e. The molecule has 2 rings (SSSR count). The Morgan fingerprint density at radius 3 is 2.56 bits per heavy atom. The van der Waals surface area contributed by atoms with Gasteiger partial charge in [-0.1, -0.05) is 32.0 Å². The number of alkyl halides is 3. The highest BCUT2D eigenvalue weighted by molar-refractivity contribution is 9.10. The molecule has 0 fully saturated rings. The summed E-state index contributed by atoms with van der Waals surface area (Å²) in [6.07, 6.45) is -4.80. The second-order valence-electron chi connectivity index (χ2n) is 5.77. The van der Waals surface area contributed by atoms with Crippen LogP contribution in [-0.4, -0.2) is 34.4 Å². The molecule has 1 amide bonds. The van der Waals surface area contributed by atoms with Crippen molar-refractivity contribution in [2.24, 2.45) is 0 Å². The Balaban J connectivity index is 2.20. The third-order valence-corrected chi connectivity index (χ3v) is 4.27. The van der Waals surface area contributed by atoms with Gasteiger partial charge in [-0.25, -0.2) is 0 Å². The molecule has 1 heterocycles. The van der Waals surface area contributed by atoms with Gasteiger partial charge in [0.1, 0.15) is 5.75 Å². The van der Waals surface area contributed by atoms with E-state index < -0.39 is 12.3 Å². The summed E-state index contributed by atoms with van der Waals surface area (Å²) in [5.74, 6) is -0.620. The lowest BCUT2D eigenvalue weighted by Gasteiger charge is -2.19. The smallest absolute Gasteiger partial charge is 0.405 e. The van der Waals surface area contributed by atoms with Crippen LogP contribution in [0.1, 0.15) is 41.5 Å². The third-order valence-electron chi connectivity index (χ3n) is 3.46. The molecule has 1 N–H and O–H groups in total. The van der Waals surface area contributed by atoms with Crippen LogP contribution in [0, 0.1) is 0 Å². The molecule has 0 saturated heterocycles. The number of nitrogens with one attached hydrogen (secondary N) is 1. The largest absolute Gasteiger partial charge is 0.573 e. The van der Waals surface area contributed by atoms with E-state index in [-0.39, 0.29) is 29.5 Å². The summed E-state index contributed by atoms with van der Waals surface area (Å²) in [6, 6.07) is 5.70. The minimum absolute atomic E-state index is 0.0542. The van der Waals surface area contributed by atoms with Gasteiger partial charge in [0.25, 0.3) is 5.91 Å². The second-order valence-corrected chi connectivity index (χ2v) is 6.56. The summed E-state index contributed by atoms with van der Waals surface area (Å²) in [5.41, 5.74) is 1.20. The number of amides is 1. The van der Waals surface area contributed by atoms with Crippen LogP contribution < -0.4 is 4.74 Å². The van der Waals surface area contributed by atoms with Gasteiger partial charge in [0.2, 0.25) is 0 Å². The Morgan fingerprint density at radius 2 is 2.00 bits per heavy atom. The molecule has 0 bridgehead atoms. The number of ether oxygens (including phenoxy) is 1. The van der Waals surface area contributed by atoms with E-state index in [2.05, 4.69) is 30.9 Å². The zero-order chi connectivity index (χ0) is 18.8. The van der Waals surface area contributed by atoms with Crippen molar-refractivity contribution in [3.05, 3.63) is 45.7 Å². The summed E-state index contributed by atoms with van der Waals surface area (Å²) in [4.78, 5) is 13.8. The summed E-state index contributed by atoms with van der Waals surface area (Å²) >= 11 is 3.35. The summed E-state index contributed by atoms with van der Waals surface area (Å²) < 4.78 is 42.0. The van der Waals surface area contributed by atoms with E-state index in [1.165, 1.54) is 30.1 Å². The first-order valence-electron chi connectivity index (χ1n) is 7.43. The number of H-pyrrole nitrogens is 1. The molecule has 136 valence electrons. The summed E-state index contributed by atoms with van der Waals surface area (Å²) in [6.45, 7) is 3.84. The number of aromatic amines is 1. The minimum atomic E-state index is -4.80. The number of carbonyl (C=O) groups is 1. The average molecular weight is 420 g/mol. The normalized spacial score (nSPS) is 11.7. The maximum Gasteiger partial charge on any atom is 0.573 e. The number of carbonyl (C=O) groups excluding carboxylic acids is 1. The maximum absolute atomic E-state index is 12.6. The Hall–Kier alpha value is -2.03. The summed E-state index contributed by atoms with van der Waals surface area (Å²) in [5, 5.41) is 6.80. The number of hydrogen-bond donors (Lipinski definition) is 1. The van der Waals surface area contributed by atoms with E-state index >= 15 is 0 Å². The fourth-order valence-electron chi connectivity index (χ4n) is 2.23. The Morgan fingerprint density at radius 1 is 1.36 bits per heavy atom. The Kier molecular flexibility index (Phi) is 5.76. The van der Waals surface area contributed by atoms with Gasteiger partial charge in [-0.3, -0.25) is 9.89 Å². The predicted octanol–water partition coefficient (Wildman–Crippen LogP) is 4.47. The molecule has 0 atom stereocenters. The van der Waals surface area contributed by atoms with Crippen molar-refractivity contribution < 1.29 is 22.7 Å². The van der Waals surface area contributed by atoms with E-state index in [1.54, 1.807) is 6.07 Å². The predicted molar refractivity (Wildman–Crippen MR) is 89.3 cm³/mol. The highest BCUT2D eigenvalue weighted by atomic mass is 79.9. The molecule has 2 aromatic rings. The van der Waals surface area contributed by atoms with Gasteiger partial charge < -0.3 is 9.64 Å². The second kappa shape index (κ2) is 7.47. The highest BCUT2D eigenvalue weighted by Gasteiger charge is 2.32. The van der Waals surface area contributed by atoms with Gasteiger partial charge in [-0.05, 0) is 27.9 Å². The number of benzene rings is 1. The molecule has 5 nitrogen and oxygen atoms in total. The highest BCUT2D eigenvalue weighted by Crippen LogP contribution is 2.29. The van der Waals surface area contributed by atoms with Crippen LogP contribution in [-0.2, 0) is 6.54 Å². The first kappa shape index (κ1) is 19.3. The van der Waals surface area contributed by atoms with Crippen molar-refractivity contribution in [1.29, 1.82) is 0 Å². The van der Waals surface area contributed by atoms with Crippen LogP contribution in [0.5, 0.6) is 5.75 Å². The quantitative estimate of drug-likeness (QED) is 0.777. The Bertz CT molecular complexity index is 759. The Labute approximate surface area is 151 Å². The zero-order valence-corrected chi connectivity index (χ0v) is 15.4. The van der Waals surface area contributed by atoms with Gasteiger partial charge >= 0.3 is 6.36 Å². The molecule has 1 aromatic carbocycles. The van der Waals surface area contributed by atoms with Gasteiger partial charge in [0.05, 0.1) is 10.2 Å². The maximum atomic E-state index is 12.6. The van der Waals surface area contributed by atoms with Crippen LogP contribution in [0.25, 0.3) is 0 Å². The third kappa shape index (κ3) is 4.75. The van der Waals surface area contributed by atoms with Gasteiger partial charge in [-0.2, -0.15) is 5.10 Å². The van der Waals surface area contributed by atoms with Crippen molar-refractivity contribution >= 4 is 21.8 Å². The molecule has 0 aliphatic heterocycles. The number of rotatable bonds is 5. The molecule has 0 saturated carbocycles. The van der Waals surface area contributed by atoms with Gasteiger partial charge in [0, 0.05) is 19.2 Å². The fourth-order valence-corrected chi connectivity index (χ4v) is 3.04. The van der Waals surface area contributed by atoms with Crippen LogP contribution >= 0.6 is 15.9 Å². The van der Waals surface area contributed by atoms with Crippen molar-refractivity contribution in [3.63, 3.8) is 0 Å². The molecule has 0 aliphatic rings. The molecule has 9 heteroatoms. The molecular weight excluding hydrogens is 403 g/mol. The SMILES string of the molecule is CC(C)c1[nH]nc(C(=O)N(C)Cc2ccccc2OC(F)(F)F)c1Br. The topological polar surface area (TPSA) is 58.2 Å². The first-order valence-corrected chi connectivity index (χ1v) is 8.22. The number of hydrogen-bond acceptors (Lipinski definition) is 3. The standard InChI is InChI=1S/C16H17BrF3N3O2/c1-9(2)13-12(17)14(22-21-13)15(24)23(3)8-10-6-4-5-7-11(10)25-16(18,19)20/h4-7,9H,8H2,1-3H3,(H,21,22). The van der Waals surface area contributed by atoms with E-state index in [1.807, 2.05) is 13.8 Å². The molecule has 25 heavy (non-hydrogen) atoms. The first-order chi connectivity index (χ1) is 11.6. The molecule has 0 aliphatic carbocycles. The molecule has 0 radical (unpaired) electrons. The number of para-hydroxylation sites is 1. The van der Waals surface area contributed by atoms with Crippen molar-refractivity contribution in [2.75, 3.05) is 7.05 Å². The van der Waals surface area contributed by atoms with Crippen molar-refractivity contribution in [3.8, 4) is 5.75 Å². The zero-order valence-electron chi connectivity index (χ0n) is 13.8. The fraction of sp³-hybridized carbons (Fsp3) is 0.375. The molecule has 1 aromatic heterocycles. The molecule has 0 spiro atoms. The van der Waals surface area contributed by atoms with Crippen LogP contribution in [0.15, 0.2) is 28.7 Å².